The van der Waals surface area contributed by atoms with Gasteiger partial charge in [-0.15, -0.1) is 0 Å². The molecule has 2 aliphatic rings. The van der Waals surface area contributed by atoms with E-state index in [0.29, 0.717) is 16.6 Å². The third-order valence-corrected chi connectivity index (χ3v) is 8.19. The van der Waals surface area contributed by atoms with Crippen molar-refractivity contribution in [1.82, 2.24) is 15.3 Å². The number of primary amides is 1. The minimum absolute atomic E-state index is 0.0393. The summed E-state index contributed by atoms with van der Waals surface area (Å²) in [4.78, 5) is 34.2. The summed E-state index contributed by atoms with van der Waals surface area (Å²) in [7, 11) is 0. The Morgan fingerprint density at radius 1 is 1.11 bits per heavy atom. The van der Waals surface area contributed by atoms with E-state index in [-0.39, 0.29) is 53.2 Å². The normalized spacial score (nSPS) is 18.8. The van der Waals surface area contributed by atoms with Gasteiger partial charge in [-0.2, -0.15) is 13.2 Å². The maximum Gasteiger partial charge on any atom is 0.424 e. The molecular weight excluding hydrogens is 612 g/mol. The molecule has 0 bridgehead atoms. The lowest BCUT2D eigenvalue weighted by Gasteiger charge is -2.31. The Hall–Kier alpha value is -4.82. The van der Waals surface area contributed by atoms with E-state index in [9.17, 15) is 37.4 Å². The second-order valence-electron chi connectivity index (χ2n) is 11.6. The van der Waals surface area contributed by atoms with Gasteiger partial charge in [-0.25, -0.2) is 14.4 Å². The van der Waals surface area contributed by atoms with Crippen LogP contribution in [0.15, 0.2) is 54.6 Å². The highest BCUT2D eigenvalue weighted by Crippen LogP contribution is 2.47. The Kier molecular flexibility index (Phi) is 7.60. The number of benzene rings is 2. The molecule has 6 rings (SSSR count). The second-order valence-corrected chi connectivity index (χ2v) is 11.6. The number of halogens is 4. The summed E-state index contributed by atoms with van der Waals surface area (Å²) >= 11 is 0. The fourth-order valence-electron chi connectivity index (χ4n) is 5.17. The number of alkyl halides is 3. The molecule has 5 N–H and O–H groups in total. The molecule has 10 nitrogen and oxygen atoms in total. The monoisotopic (exact) mass is 640 g/mol. The average Bonchev–Trinajstić information content (AvgIpc) is 3.78. The largest absolute Gasteiger partial charge is 0.489 e. The minimum atomic E-state index is -5.38. The van der Waals surface area contributed by atoms with Gasteiger partial charge in [-0.1, -0.05) is 6.07 Å². The van der Waals surface area contributed by atoms with Crippen LogP contribution in [0, 0.1) is 5.82 Å². The molecule has 4 aromatic rings. The number of hydrogen-bond acceptors (Lipinski definition) is 8. The predicted molar refractivity (Wildman–Crippen MR) is 155 cm³/mol. The molecule has 3 heterocycles. The molecule has 14 heteroatoms. The zero-order valence-electron chi connectivity index (χ0n) is 24.3. The maximum atomic E-state index is 14.8. The lowest BCUT2D eigenvalue weighted by Crippen LogP contribution is -2.51. The number of rotatable bonds is 9. The Labute approximate surface area is 259 Å². The third kappa shape index (κ3) is 5.47. The molecule has 0 radical (unpaired) electrons. The van der Waals surface area contributed by atoms with E-state index < -0.39 is 47.1 Å². The first-order valence-electron chi connectivity index (χ1n) is 14.3. The van der Waals surface area contributed by atoms with Gasteiger partial charge in [-0.05, 0) is 68.3 Å². The van der Waals surface area contributed by atoms with Crippen LogP contribution >= 0.6 is 0 Å². The number of hydrogen-bond donors (Lipinski definition) is 4. The number of nitrogens with zero attached hydrogens (tertiary/aromatic N) is 2. The van der Waals surface area contributed by atoms with E-state index in [1.54, 1.807) is 6.07 Å². The number of aliphatic hydroxyl groups is 2. The van der Waals surface area contributed by atoms with Gasteiger partial charge < -0.3 is 30.7 Å². The van der Waals surface area contributed by atoms with Crippen LogP contribution in [0.1, 0.15) is 47.1 Å². The standard InChI is InChI=1S/C32H28F4N4O6/c1-30(29(37)43)15-45-27-22(30)12-24(40-26(27)16-2-5-19(33)6-3-16)31(44,32(34,35)36)14-38-28(42)18-10-17-4-7-20(13-41)39-25(17)23(11-18)46-21-8-9-21/h2-7,10-12,21,41,44H,8-9,13-15H2,1H3,(H2,37,43)(H,38,42)/t30-,31-/m0/s1. The van der Waals surface area contributed by atoms with Crippen molar-refractivity contribution in [1.29, 1.82) is 0 Å². The fourth-order valence-corrected chi connectivity index (χ4v) is 5.17. The Bertz CT molecular complexity index is 1860. The van der Waals surface area contributed by atoms with Gasteiger partial charge in [0.1, 0.15) is 40.5 Å². The van der Waals surface area contributed by atoms with Crippen LogP contribution < -0.4 is 20.5 Å². The molecule has 2 aromatic heterocycles. The van der Waals surface area contributed by atoms with Crippen molar-refractivity contribution in [3.8, 4) is 22.8 Å². The Morgan fingerprint density at radius 2 is 1.83 bits per heavy atom. The topological polar surface area (TPSA) is 157 Å². The lowest BCUT2D eigenvalue weighted by molar-refractivity contribution is -0.265. The molecule has 1 fully saturated rings. The molecule has 2 aromatic carbocycles. The molecular formula is C32H28F4N4O6. The van der Waals surface area contributed by atoms with Gasteiger partial charge in [-0.3, -0.25) is 9.59 Å². The van der Waals surface area contributed by atoms with Crippen LogP contribution in [0.2, 0.25) is 0 Å². The third-order valence-electron chi connectivity index (χ3n) is 8.19. The van der Waals surface area contributed by atoms with Crippen molar-refractivity contribution in [3.05, 3.63) is 82.9 Å². The molecule has 0 spiro atoms. The molecule has 0 unspecified atom stereocenters. The quantitative estimate of drug-likeness (QED) is 0.202. The summed E-state index contributed by atoms with van der Waals surface area (Å²) < 4.78 is 69.6. The molecule has 1 aliphatic carbocycles. The van der Waals surface area contributed by atoms with E-state index in [2.05, 4.69) is 15.3 Å². The smallest absolute Gasteiger partial charge is 0.424 e. The SMILES string of the molecule is C[C@]1(C(N)=O)COc2c1cc([C@@](O)(CNC(=O)c1cc(OC3CC3)c3nc(CO)ccc3c1)C(F)(F)F)nc2-c1ccc(F)cc1. The maximum absolute atomic E-state index is 14.8. The lowest BCUT2D eigenvalue weighted by atomic mass is 9.81. The number of pyridine rings is 2. The summed E-state index contributed by atoms with van der Waals surface area (Å²) in [5.74, 6) is -2.28. The summed E-state index contributed by atoms with van der Waals surface area (Å²) in [5, 5.41) is 23.4. The van der Waals surface area contributed by atoms with E-state index in [4.69, 9.17) is 15.2 Å². The van der Waals surface area contributed by atoms with E-state index >= 15 is 0 Å². The average molecular weight is 641 g/mol. The van der Waals surface area contributed by atoms with Crippen molar-refractivity contribution in [2.75, 3.05) is 13.2 Å². The molecule has 1 saturated carbocycles. The number of carbonyl (C=O) groups excluding carboxylic acids is 2. The highest BCUT2D eigenvalue weighted by atomic mass is 19.4. The summed E-state index contributed by atoms with van der Waals surface area (Å²) in [6, 6.07) is 11.4. The fraction of sp³-hybridized carbons (Fsp3) is 0.312. The summed E-state index contributed by atoms with van der Waals surface area (Å²) in [5.41, 5.74) is -0.0717. The highest BCUT2D eigenvalue weighted by Gasteiger charge is 2.57. The second kappa shape index (κ2) is 11.2. The van der Waals surface area contributed by atoms with Crippen LogP contribution in [0.4, 0.5) is 17.6 Å². The van der Waals surface area contributed by atoms with Crippen molar-refractivity contribution < 1.29 is 46.8 Å². The predicted octanol–water partition coefficient (Wildman–Crippen LogP) is 3.78. The summed E-state index contributed by atoms with van der Waals surface area (Å²) in [6.07, 6.45) is -3.92. The molecule has 1 aliphatic heterocycles. The number of aromatic nitrogens is 2. The van der Waals surface area contributed by atoms with Gasteiger partial charge in [0.05, 0.1) is 30.6 Å². The van der Waals surface area contributed by atoms with Crippen molar-refractivity contribution in [2.45, 2.75) is 49.7 Å². The number of ether oxygens (including phenoxy) is 2. The number of aliphatic hydroxyl groups excluding tert-OH is 1. The molecule has 240 valence electrons. The van der Waals surface area contributed by atoms with Crippen LogP contribution in [-0.2, 0) is 22.4 Å². The summed E-state index contributed by atoms with van der Waals surface area (Å²) in [6.45, 7) is -0.620. The van der Waals surface area contributed by atoms with Crippen LogP contribution in [-0.4, -0.2) is 57.4 Å². The number of nitrogens with one attached hydrogen (secondary N) is 1. The molecule has 2 atom stereocenters. The Balaban J connectivity index is 1.40. The minimum Gasteiger partial charge on any atom is -0.489 e. The van der Waals surface area contributed by atoms with Crippen LogP contribution in [0.5, 0.6) is 11.5 Å². The van der Waals surface area contributed by atoms with Crippen molar-refractivity contribution in [2.24, 2.45) is 5.73 Å². The van der Waals surface area contributed by atoms with Gasteiger partial charge >= 0.3 is 6.18 Å². The van der Waals surface area contributed by atoms with Gasteiger partial charge in [0.25, 0.3) is 5.91 Å². The zero-order chi connectivity index (χ0) is 33.0. The number of fused-ring (bicyclic) bond motifs is 2. The van der Waals surface area contributed by atoms with E-state index in [0.717, 1.165) is 31.0 Å². The number of amides is 2. The number of carbonyl (C=O) groups is 2. The van der Waals surface area contributed by atoms with Crippen LogP contribution in [0.3, 0.4) is 0 Å². The first-order valence-corrected chi connectivity index (χ1v) is 14.3. The van der Waals surface area contributed by atoms with Gasteiger partial charge in [0.2, 0.25) is 11.5 Å². The van der Waals surface area contributed by atoms with Crippen LogP contribution in [0.25, 0.3) is 22.2 Å². The van der Waals surface area contributed by atoms with Gasteiger partial charge in [0, 0.05) is 22.1 Å². The molecule has 46 heavy (non-hydrogen) atoms. The highest BCUT2D eigenvalue weighted by molar-refractivity contribution is 6.00. The first kappa shape index (κ1) is 31.2. The number of nitrogens with two attached hydrogens (primary N) is 1. The van der Waals surface area contributed by atoms with Crippen molar-refractivity contribution in [3.63, 3.8) is 0 Å². The first-order chi connectivity index (χ1) is 21.7. The van der Waals surface area contributed by atoms with E-state index in [1.807, 2.05) is 0 Å². The van der Waals surface area contributed by atoms with Crippen molar-refractivity contribution >= 4 is 22.7 Å². The molecule has 2 amide bonds. The molecule has 0 saturated heterocycles. The Morgan fingerprint density at radius 3 is 2.46 bits per heavy atom. The zero-order valence-corrected chi connectivity index (χ0v) is 24.3. The van der Waals surface area contributed by atoms with Gasteiger partial charge in [0.15, 0.2) is 0 Å². The van der Waals surface area contributed by atoms with E-state index in [1.165, 1.54) is 37.3 Å².